The van der Waals surface area contributed by atoms with Crippen LogP contribution in [0.25, 0.3) is 0 Å². The van der Waals surface area contributed by atoms with E-state index in [1.165, 1.54) is 18.2 Å². The standard InChI is InChI=1S/C22H33FN4O6/c1-7-30-19(28)17-13-27(6)20(26-25-17)32-14(2)16-12-15(23)8-9-18(16)31-11-10-24-21(29)33-22(3,4)5/h8-9,12-14,20,25-26H,7,10-11H2,1-6H3,(H,24,29). The van der Waals surface area contributed by atoms with Crippen molar-refractivity contribution in [3.05, 3.63) is 41.5 Å². The fraction of sp³-hybridized carbons (Fsp3) is 0.545. The number of amides is 1. The molecule has 0 bridgehead atoms. The summed E-state index contributed by atoms with van der Waals surface area (Å²) < 4.78 is 35.8. The van der Waals surface area contributed by atoms with E-state index in [0.717, 1.165) is 0 Å². The Labute approximate surface area is 193 Å². The molecule has 2 unspecified atom stereocenters. The summed E-state index contributed by atoms with van der Waals surface area (Å²) in [5, 5.41) is 2.60. The van der Waals surface area contributed by atoms with Gasteiger partial charge in [0.15, 0.2) is 5.70 Å². The number of ether oxygens (including phenoxy) is 4. The van der Waals surface area contributed by atoms with E-state index in [9.17, 15) is 14.0 Å². The van der Waals surface area contributed by atoms with Gasteiger partial charge in [-0.3, -0.25) is 0 Å². The van der Waals surface area contributed by atoms with E-state index < -0.39 is 35.9 Å². The number of carbonyl (C=O) groups excluding carboxylic acids is 2. The highest BCUT2D eigenvalue weighted by Gasteiger charge is 2.26. The van der Waals surface area contributed by atoms with Crippen molar-refractivity contribution >= 4 is 12.1 Å². The normalized spacial score (nSPS) is 16.9. The van der Waals surface area contributed by atoms with Gasteiger partial charge < -0.3 is 34.6 Å². The first-order valence-corrected chi connectivity index (χ1v) is 10.7. The lowest BCUT2D eigenvalue weighted by atomic mass is 10.1. The van der Waals surface area contributed by atoms with Crippen molar-refractivity contribution in [1.29, 1.82) is 0 Å². The predicted molar refractivity (Wildman–Crippen MR) is 118 cm³/mol. The smallest absolute Gasteiger partial charge is 0.407 e. The second kappa shape index (κ2) is 11.7. The van der Waals surface area contributed by atoms with E-state index in [2.05, 4.69) is 16.2 Å². The van der Waals surface area contributed by atoms with Crippen molar-refractivity contribution < 1.29 is 32.9 Å². The molecule has 2 atom stereocenters. The first-order valence-electron chi connectivity index (χ1n) is 10.7. The number of hydrogen-bond donors (Lipinski definition) is 3. The van der Waals surface area contributed by atoms with E-state index in [-0.39, 0.29) is 25.5 Å². The van der Waals surface area contributed by atoms with Crippen LogP contribution in [-0.2, 0) is 19.0 Å². The molecule has 0 fully saturated rings. The van der Waals surface area contributed by atoms with Crippen LogP contribution in [0.15, 0.2) is 30.1 Å². The molecule has 1 aliphatic rings. The van der Waals surface area contributed by atoms with Crippen LogP contribution in [0.2, 0.25) is 0 Å². The molecule has 0 radical (unpaired) electrons. The molecule has 0 saturated carbocycles. The van der Waals surface area contributed by atoms with Crippen molar-refractivity contribution in [2.75, 3.05) is 26.8 Å². The van der Waals surface area contributed by atoms with E-state index in [4.69, 9.17) is 18.9 Å². The summed E-state index contributed by atoms with van der Waals surface area (Å²) in [4.78, 5) is 25.2. The molecule has 1 heterocycles. The molecular weight excluding hydrogens is 435 g/mol. The molecular formula is C22H33FN4O6. The third-order valence-electron chi connectivity index (χ3n) is 4.30. The molecule has 1 amide bonds. The number of hydrogen-bond acceptors (Lipinski definition) is 9. The van der Waals surface area contributed by atoms with Gasteiger partial charge in [0.1, 0.15) is 23.8 Å². The topological polar surface area (TPSA) is 110 Å². The third kappa shape index (κ3) is 8.43. The van der Waals surface area contributed by atoms with Gasteiger partial charge in [-0.2, -0.15) is 5.43 Å². The summed E-state index contributed by atoms with van der Waals surface area (Å²) in [6.45, 7) is 9.41. The Balaban J connectivity index is 1.96. The van der Waals surface area contributed by atoms with E-state index >= 15 is 0 Å². The van der Waals surface area contributed by atoms with Gasteiger partial charge in [0.2, 0.25) is 6.35 Å². The highest BCUT2D eigenvalue weighted by atomic mass is 19.1. The molecule has 0 aliphatic carbocycles. The Morgan fingerprint density at radius 3 is 2.67 bits per heavy atom. The lowest BCUT2D eigenvalue weighted by molar-refractivity contribution is -0.141. The minimum atomic E-state index is -0.650. The van der Waals surface area contributed by atoms with Gasteiger partial charge in [0.05, 0.1) is 19.3 Å². The van der Waals surface area contributed by atoms with Gasteiger partial charge in [-0.05, 0) is 52.8 Å². The van der Waals surface area contributed by atoms with Crippen molar-refractivity contribution in [1.82, 2.24) is 21.1 Å². The molecule has 0 saturated heterocycles. The Kier molecular flexibility index (Phi) is 9.30. The van der Waals surface area contributed by atoms with Gasteiger partial charge in [0, 0.05) is 18.8 Å². The Bertz CT molecular complexity index is 858. The zero-order valence-corrected chi connectivity index (χ0v) is 19.9. The first-order chi connectivity index (χ1) is 15.5. The zero-order chi connectivity index (χ0) is 24.6. The summed E-state index contributed by atoms with van der Waals surface area (Å²) in [7, 11) is 1.72. The molecule has 33 heavy (non-hydrogen) atoms. The highest BCUT2D eigenvalue weighted by molar-refractivity contribution is 5.87. The van der Waals surface area contributed by atoms with E-state index in [1.54, 1.807) is 52.8 Å². The molecule has 10 nitrogen and oxygen atoms in total. The fourth-order valence-electron chi connectivity index (χ4n) is 2.85. The van der Waals surface area contributed by atoms with Crippen LogP contribution in [0.4, 0.5) is 9.18 Å². The van der Waals surface area contributed by atoms with Crippen molar-refractivity contribution in [3.8, 4) is 5.75 Å². The van der Waals surface area contributed by atoms with E-state index in [0.29, 0.717) is 11.3 Å². The number of hydrazine groups is 1. The largest absolute Gasteiger partial charge is 0.491 e. The summed E-state index contributed by atoms with van der Waals surface area (Å²) in [6.07, 6.45) is -0.217. The number of carbonyl (C=O) groups is 2. The molecule has 1 aromatic rings. The SMILES string of the molecule is CCOC(=O)C1=CN(C)C(OC(C)c2cc(F)ccc2OCCNC(=O)OC(C)(C)C)NN1. The quantitative estimate of drug-likeness (QED) is 0.372. The molecule has 2 rings (SSSR count). The second-order valence-electron chi connectivity index (χ2n) is 8.29. The minimum Gasteiger partial charge on any atom is -0.491 e. The maximum Gasteiger partial charge on any atom is 0.407 e. The van der Waals surface area contributed by atoms with Gasteiger partial charge in [-0.25, -0.2) is 14.0 Å². The lowest BCUT2D eigenvalue weighted by Crippen LogP contribution is -2.54. The Hall–Kier alpha value is -3.05. The lowest BCUT2D eigenvalue weighted by Gasteiger charge is -2.35. The van der Waals surface area contributed by atoms with Crippen molar-refractivity contribution in [2.24, 2.45) is 0 Å². The molecule has 1 aliphatic heterocycles. The number of esters is 1. The Morgan fingerprint density at radius 2 is 2.03 bits per heavy atom. The second-order valence-corrected chi connectivity index (χ2v) is 8.29. The van der Waals surface area contributed by atoms with Crippen LogP contribution >= 0.6 is 0 Å². The van der Waals surface area contributed by atoms with Crippen molar-refractivity contribution in [2.45, 2.75) is 52.7 Å². The zero-order valence-electron chi connectivity index (χ0n) is 19.9. The number of nitrogens with zero attached hydrogens (tertiary/aromatic N) is 1. The maximum absolute atomic E-state index is 13.9. The van der Waals surface area contributed by atoms with Crippen LogP contribution < -0.4 is 20.9 Å². The van der Waals surface area contributed by atoms with Gasteiger partial charge >= 0.3 is 12.1 Å². The monoisotopic (exact) mass is 468 g/mol. The van der Waals surface area contributed by atoms with Crippen LogP contribution in [-0.4, -0.2) is 55.7 Å². The van der Waals surface area contributed by atoms with Crippen LogP contribution in [0.3, 0.4) is 0 Å². The predicted octanol–water partition coefficient (Wildman–Crippen LogP) is 2.53. The average Bonchev–Trinajstić information content (AvgIpc) is 2.72. The minimum absolute atomic E-state index is 0.152. The summed E-state index contributed by atoms with van der Waals surface area (Å²) in [5.74, 6) is -0.513. The van der Waals surface area contributed by atoms with Crippen LogP contribution in [0, 0.1) is 5.82 Å². The van der Waals surface area contributed by atoms with Crippen LogP contribution in [0.5, 0.6) is 5.75 Å². The molecule has 0 spiro atoms. The van der Waals surface area contributed by atoms with Crippen molar-refractivity contribution in [3.63, 3.8) is 0 Å². The molecule has 11 heteroatoms. The highest BCUT2D eigenvalue weighted by Crippen LogP contribution is 2.29. The first kappa shape index (κ1) is 26.2. The van der Waals surface area contributed by atoms with Gasteiger partial charge in [0.25, 0.3) is 0 Å². The molecule has 0 aromatic heterocycles. The summed E-state index contributed by atoms with van der Waals surface area (Å²) in [6, 6.07) is 4.12. The average molecular weight is 469 g/mol. The number of alkyl carbamates (subject to hydrolysis) is 1. The number of benzene rings is 1. The molecule has 1 aromatic carbocycles. The third-order valence-corrected chi connectivity index (χ3v) is 4.30. The molecule has 3 N–H and O–H groups in total. The fourth-order valence-corrected chi connectivity index (χ4v) is 2.85. The summed E-state index contributed by atoms with van der Waals surface area (Å²) in [5.41, 5.74) is 5.74. The molecule has 184 valence electrons. The van der Waals surface area contributed by atoms with Gasteiger partial charge in [-0.15, -0.1) is 0 Å². The maximum atomic E-state index is 13.9. The van der Waals surface area contributed by atoms with E-state index in [1.807, 2.05) is 0 Å². The summed E-state index contributed by atoms with van der Waals surface area (Å²) >= 11 is 0. The number of halogens is 1. The van der Waals surface area contributed by atoms with Crippen LogP contribution in [0.1, 0.15) is 46.3 Å². The number of rotatable bonds is 9. The Morgan fingerprint density at radius 1 is 1.30 bits per heavy atom. The number of nitrogens with one attached hydrogen (secondary N) is 3. The van der Waals surface area contributed by atoms with Gasteiger partial charge in [-0.1, -0.05) is 0 Å².